The molecule has 2 amide bonds. The summed E-state index contributed by atoms with van der Waals surface area (Å²) in [6.45, 7) is 3.78. The average Bonchev–Trinajstić information content (AvgIpc) is 2.61. The van der Waals surface area contributed by atoms with Crippen molar-refractivity contribution in [2.75, 3.05) is 5.32 Å². The Bertz CT molecular complexity index is 722. The summed E-state index contributed by atoms with van der Waals surface area (Å²) in [6.07, 6.45) is 1.32. The van der Waals surface area contributed by atoms with Gasteiger partial charge in [0.15, 0.2) is 0 Å². The maximum atomic E-state index is 12.0. The van der Waals surface area contributed by atoms with E-state index >= 15 is 0 Å². The molecule has 2 rings (SSSR count). The molecular weight excluding hydrogens is 302 g/mol. The quantitative estimate of drug-likeness (QED) is 0.630. The summed E-state index contributed by atoms with van der Waals surface area (Å²) >= 11 is 0. The molecule has 0 atom stereocenters. The molecule has 2 aromatic rings. The van der Waals surface area contributed by atoms with Gasteiger partial charge in [0.05, 0.1) is 5.71 Å². The minimum absolute atomic E-state index is 0.00534. The van der Waals surface area contributed by atoms with Crippen LogP contribution < -0.4 is 10.7 Å². The molecule has 5 nitrogen and oxygen atoms in total. The zero-order chi connectivity index (χ0) is 17.4. The van der Waals surface area contributed by atoms with Crippen molar-refractivity contribution < 1.29 is 9.59 Å². The molecule has 0 heterocycles. The summed E-state index contributed by atoms with van der Waals surface area (Å²) in [4.78, 5) is 23.5. The van der Waals surface area contributed by atoms with E-state index in [0.717, 1.165) is 17.7 Å². The largest absolute Gasteiger partial charge is 0.326 e. The van der Waals surface area contributed by atoms with E-state index in [4.69, 9.17) is 0 Å². The zero-order valence-corrected chi connectivity index (χ0v) is 13.9. The van der Waals surface area contributed by atoms with E-state index in [1.54, 1.807) is 24.3 Å². The molecule has 0 saturated carbocycles. The molecule has 5 heteroatoms. The standard InChI is InChI=1S/C19H21N3O2/c1-3-7-18(23)20-17-12-10-15(11-13-17)14(2)21-22-19(24)16-8-5-4-6-9-16/h4-6,8-13H,3,7H2,1-2H3,(H,20,23)(H,22,24). The van der Waals surface area contributed by atoms with E-state index in [1.165, 1.54) is 0 Å². The van der Waals surface area contributed by atoms with Crippen molar-refractivity contribution >= 4 is 23.2 Å². The Hall–Kier alpha value is -2.95. The molecule has 0 radical (unpaired) electrons. The molecular formula is C19H21N3O2. The topological polar surface area (TPSA) is 70.6 Å². The van der Waals surface area contributed by atoms with Crippen LogP contribution >= 0.6 is 0 Å². The molecule has 0 bridgehead atoms. The van der Waals surface area contributed by atoms with Gasteiger partial charge in [-0.1, -0.05) is 37.3 Å². The molecule has 0 aliphatic heterocycles. The number of amides is 2. The monoisotopic (exact) mass is 323 g/mol. The molecule has 124 valence electrons. The number of rotatable bonds is 6. The van der Waals surface area contributed by atoms with Crippen LogP contribution in [-0.2, 0) is 4.79 Å². The van der Waals surface area contributed by atoms with Crippen LogP contribution in [0.2, 0.25) is 0 Å². The van der Waals surface area contributed by atoms with E-state index in [9.17, 15) is 9.59 Å². The highest BCUT2D eigenvalue weighted by Crippen LogP contribution is 2.11. The molecule has 0 aliphatic carbocycles. The first-order valence-corrected chi connectivity index (χ1v) is 7.90. The third kappa shape index (κ3) is 5.05. The fourth-order valence-corrected chi connectivity index (χ4v) is 2.10. The molecule has 0 saturated heterocycles. The lowest BCUT2D eigenvalue weighted by Crippen LogP contribution is -2.19. The molecule has 0 aliphatic rings. The van der Waals surface area contributed by atoms with E-state index in [-0.39, 0.29) is 11.8 Å². The molecule has 0 aromatic heterocycles. The van der Waals surface area contributed by atoms with Crippen LogP contribution in [0.25, 0.3) is 0 Å². The predicted octanol–water partition coefficient (Wildman–Crippen LogP) is 3.58. The van der Waals surface area contributed by atoms with Crippen molar-refractivity contribution in [3.63, 3.8) is 0 Å². The van der Waals surface area contributed by atoms with Gasteiger partial charge in [0, 0.05) is 17.7 Å². The van der Waals surface area contributed by atoms with Gasteiger partial charge in [-0.3, -0.25) is 9.59 Å². The lowest BCUT2D eigenvalue weighted by molar-refractivity contribution is -0.116. The van der Waals surface area contributed by atoms with Crippen molar-refractivity contribution in [2.24, 2.45) is 5.10 Å². The third-order valence-corrected chi connectivity index (χ3v) is 3.42. The van der Waals surface area contributed by atoms with Gasteiger partial charge >= 0.3 is 0 Å². The number of hydrogen-bond acceptors (Lipinski definition) is 3. The van der Waals surface area contributed by atoms with Crippen molar-refractivity contribution in [2.45, 2.75) is 26.7 Å². The Morgan fingerprint density at radius 2 is 1.62 bits per heavy atom. The van der Waals surface area contributed by atoms with Crippen LogP contribution in [0.5, 0.6) is 0 Å². The van der Waals surface area contributed by atoms with Gasteiger partial charge < -0.3 is 5.32 Å². The lowest BCUT2D eigenvalue weighted by atomic mass is 10.1. The molecule has 0 unspecified atom stereocenters. The Morgan fingerprint density at radius 1 is 0.958 bits per heavy atom. The maximum Gasteiger partial charge on any atom is 0.271 e. The van der Waals surface area contributed by atoms with Crippen molar-refractivity contribution in [3.05, 3.63) is 65.7 Å². The van der Waals surface area contributed by atoms with Crippen LogP contribution in [0.3, 0.4) is 0 Å². The Labute approximate surface area is 141 Å². The zero-order valence-electron chi connectivity index (χ0n) is 13.9. The van der Waals surface area contributed by atoms with Gasteiger partial charge in [0.25, 0.3) is 5.91 Å². The first-order valence-electron chi connectivity index (χ1n) is 7.90. The van der Waals surface area contributed by atoms with E-state index < -0.39 is 0 Å². The van der Waals surface area contributed by atoms with Gasteiger partial charge in [-0.15, -0.1) is 0 Å². The predicted molar refractivity (Wildman–Crippen MR) is 96.1 cm³/mol. The lowest BCUT2D eigenvalue weighted by Gasteiger charge is -2.06. The van der Waals surface area contributed by atoms with Crippen LogP contribution in [0.15, 0.2) is 59.7 Å². The second-order valence-corrected chi connectivity index (χ2v) is 5.38. The highest BCUT2D eigenvalue weighted by Gasteiger charge is 2.05. The second kappa shape index (κ2) is 8.62. The molecule has 0 fully saturated rings. The van der Waals surface area contributed by atoms with Crippen molar-refractivity contribution in [3.8, 4) is 0 Å². The number of nitrogens with zero attached hydrogens (tertiary/aromatic N) is 1. The number of carbonyl (C=O) groups is 2. The van der Waals surface area contributed by atoms with Gasteiger partial charge in [0.2, 0.25) is 5.91 Å². The fraction of sp³-hybridized carbons (Fsp3) is 0.211. The molecule has 2 aromatic carbocycles. The maximum absolute atomic E-state index is 12.0. The first-order chi connectivity index (χ1) is 11.6. The van der Waals surface area contributed by atoms with Crippen LogP contribution in [0.4, 0.5) is 5.69 Å². The van der Waals surface area contributed by atoms with Gasteiger partial charge in [0.1, 0.15) is 0 Å². The van der Waals surface area contributed by atoms with Gasteiger partial charge in [-0.2, -0.15) is 5.10 Å². The number of anilines is 1. The average molecular weight is 323 g/mol. The normalized spacial score (nSPS) is 11.0. The summed E-state index contributed by atoms with van der Waals surface area (Å²) in [5, 5.41) is 6.95. The highest BCUT2D eigenvalue weighted by atomic mass is 16.2. The fourth-order valence-electron chi connectivity index (χ4n) is 2.10. The Morgan fingerprint density at radius 3 is 2.25 bits per heavy atom. The van der Waals surface area contributed by atoms with Crippen molar-refractivity contribution in [1.82, 2.24) is 5.43 Å². The molecule has 0 spiro atoms. The number of nitrogens with one attached hydrogen (secondary N) is 2. The molecule has 2 N–H and O–H groups in total. The Balaban J connectivity index is 1.98. The number of benzene rings is 2. The second-order valence-electron chi connectivity index (χ2n) is 5.38. The van der Waals surface area contributed by atoms with Gasteiger partial charge in [-0.05, 0) is 43.2 Å². The third-order valence-electron chi connectivity index (χ3n) is 3.42. The summed E-state index contributed by atoms with van der Waals surface area (Å²) in [5.41, 5.74) is 5.40. The van der Waals surface area contributed by atoms with E-state index in [2.05, 4.69) is 15.8 Å². The first kappa shape index (κ1) is 17.4. The molecule has 24 heavy (non-hydrogen) atoms. The van der Waals surface area contributed by atoms with E-state index in [0.29, 0.717) is 17.7 Å². The summed E-state index contributed by atoms with van der Waals surface area (Å²) in [5.74, 6) is -0.246. The smallest absolute Gasteiger partial charge is 0.271 e. The Kier molecular flexibility index (Phi) is 6.25. The van der Waals surface area contributed by atoms with Crippen LogP contribution in [0.1, 0.15) is 42.6 Å². The van der Waals surface area contributed by atoms with Gasteiger partial charge in [-0.25, -0.2) is 5.43 Å². The number of hydrogen-bond donors (Lipinski definition) is 2. The van der Waals surface area contributed by atoms with Crippen LogP contribution in [-0.4, -0.2) is 17.5 Å². The highest BCUT2D eigenvalue weighted by molar-refractivity contribution is 6.01. The number of hydrazone groups is 1. The van der Waals surface area contributed by atoms with Crippen LogP contribution in [0, 0.1) is 0 Å². The minimum Gasteiger partial charge on any atom is -0.326 e. The minimum atomic E-state index is -0.251. The van der Waals surface area contributed by atoms with E-state index in [1.807, 2.05) is 44.2 Å². The summed E-state index contributed by atoms with van der Waals surface area (Å²) in [6, 6.07) is 16.3. The number of carbonyl (C=O) groups excluding carboxylic acids is 2. The summed E-state index contributed by atoms with van der Waals surface area (Å²) in [7, 11) is 0. The SMILES string of the molecule is CCCC(=O)Nc1ccc(C(C)=NNC(=O)c2ccccc2)cc1. The van der Waals surface area contributed by atoms with Crippen molar-refractivity contribution in [1.29, 1.82) is 0 Å². The summed E-state index contributed by atoms with van der Waals surface area (Å²) < 4.78 is 0.